The van der Waals surface area contributed by atoms with Gasteiger partial charge in [-0.25, -0.2) is 19.6 Å². The number of hydrogen-bond acceptors (Lipinski definition) is 9. The number of imidazole rings is 1. The van der Waals surface area contributed by atoms with Crippen molar-refractivity contribution in [2.75, 3.05) is 12.3 Å². The van der Waals surface area contributed by atoms with Crippen LogP contribution in [0.5, 0.6) is 0 Å². The average molecular weight is 498 g/mol. The molecule has 1 fully saturated rings. The SMILES string of the molecule is NC(=O)CCOC(=O)OC(CC(N)=O)c1nc(N)c2c(n1)n(Cc1ccccc1)c(=O)n2CC1CC1. The van der Waals surface area contributed by atoms with E-state index in [0.29, 0.717) is 18.0 Å². The Bertz CT molecular complexity index is 1350. The first-order valence-electron chi connectivity index (χ1n) is 11.4. The third-order valence-electron chi connectivity index (χ3n) is 5.70. The fourth-order valence-electron chi connectivity index (χ4n) is 3.79. The first-order valence-corrected chi connectivity index (χ1v) is 11.4. The third kappa shape index (κ3) is 5.79. The number of rotatable bonds is 11. The van der Waals surface area contributed by atoms with Crippen LogP contribution < -0.4 is 22.9 Å². The van der Waals surface area contributed by atoms with Crippen molar-refractivity contribution in [3.8, 4) is 0 Å². The maximum Gasteiger partial charge on any atom is 0.509 e. The van der Waals surface area contributed by atoms with Crippen molar-refractivity contribution in [3.05, 3.63) is 52.2 Å². The number of anilines is 1. The van der Waals surface area contributed by atoms with Crippen molar-refractivity contribution < 1.29 is 23.9 Å². The number of benzene rings is 1. The summed E-state index contributed by atoms with van der Waals surface area (Å²) in [4.78, 5) is 56.8. The van der Waals surface area contributed by atoms with E-state index in [-0.39, 0.29) is 42.6 Å². The van der Waals surface area contributed by atoms with Crippen LogP contribution in [0.25, 0.3) is 11.2 Å². The molecule has 1 saturated carbocycles. The largest absolute Gasteiger partial charge is 0.509 e. The van der Waals surface area contributed by atoms with Gasteiger partial charge in [-0.3, -0.25) is 18.7 Å². The number of nitrogens with two attached hydrogens (primary N) is 3. The predicted molar refractivity (Wildman–Crippen MR) is 127 cm³/mol. The van der Waals surface area contributed by atoms with E-state index in [9.17, 15) is 19.2 Å². The lowest BCUT2D eigenvalue weighted by Crippen LogP contribution is -2.25. The summed E-state index contributed by atoms with van der Waals surface area (Å²) in [6.45, 7) is 0.401. The maximum atomic E-state index is 13.4. The summed E-state index contributed by atoms with van der Waals surface area (Å²) in [5, 5.41) is 0. The minimum Gasteiger partial charge on any atom is -0.434 e. The van der Waals surface area contributed by atoms with Gasteiger partial charge in [-0.1, -0.05) is 30.3 Å². The molecule has 0 saturated heterocycles. The van der Waals surface area contributed by atoms with Gasteiger partial charge < -0.3 is 26.7 Å². The highest BCUT2D eigenvalue weighted by molar-refractivity contribution is 5.83. The molecule has 1 atom stereocenters. The van der Waals surface area contributed by atoms with Crippen LogP contribution in [0.2, 0.25) is 0 Å². The molecule has 1 aliphatic rings. The van der Waals surface area contributed by atoms with Gasteiger partial charge in [0.2, 0.25) is 11.8 Å². The summed E-state index contributed by atoms with van der Waals surface area (Å²) in [6.07, 6.45) is -1.13. The van der Waals surface area contributed by atoms with Gasteiger partial charge in [0.1, 0.15) is 12.1 Å². The Kier molecular flexibility index (Phi) is 7.17. The van der Waals surface area contributed by atoms with Crippen molar-refractivity contribution >= 4 is 35.0 Å². The molecule has 13 heteroatoms. The van der Waals surface area contributed by atoms with Crippen LogP contribution in [0.3, 0.4) is 0 Å². The Labute approximate surface area is 205 Å². The molecule has 2 heterocycles. The number of nitrogens with zero attached hydrogens (tertiary/aromatic N) is 4. The number of ether oxygens (including phenoxy) is 2. The van der Waals surface area contributed by atoms with Crippen LogP contribution in [0.1, 0.15) is 43.2 Å². The van der Waals surface area contributed by atoms with E-state index in [1.54, 1.807) is 4.57 Å². The van der Waals surface area contributed by atoms with E-state index in [0.717, 1.165) is 18.4 Å². The molecule has 1 unspecified atom stereocenters. The van der Waals surface area contributed by atoms with Crippen LogP contribution in [0.15, 0.2) is 35.1 Å². The number of amides is 2. The molecule has 3 aromatic rings. The lowest BCUT2D eigenvalue weighted by molar-refractivity contribution is -0.120. The Hall–Kier alpha value is -4.42. The molecule has 36 heavy (non-hydrogen) atoms. The second-order valence-electron chi connectivity index (χ2n) is 8.64. The highest BCUT2D eigenvalue weighted by atomic mass is 16.7. The van der Waals surface area contributed by atoms with Crippen molar-refractivity contribution in [3.63, 3.8) is 0 Å². The van der Waals surface area contributed by atoms with Gasteiger partial charge in [-0.15, -0.1) is 0 Å². The second-order valence-corrected chi connectivity index (χ2v) is 8.64. The van der Waals surface area contributed by atoms with Crippen LogP contribution >= 0.6 is 0 Å². The number of hydrogen-bond donors (Lipinski definition) is 3. The van der Waals surface area contributed by atoms with E-state index >= 15 is 0 Å². The zero-order valence-electron chi connectivity index (χ0n) is 19.5. The van der Waals surface area contributed by atoms with Gasteiger partial charge in [0.15, 0.2) is 23.4 Å². The predicted octanol–water partition coefficient (Wildman–Crippen LogP) is 0.579. The van der Waals surface area contributed by atoms with Gasteiger partial charge >= 0.3 is 11.8 Å². The van der Waals surface area contributed by atoms with Crippen LogP contribution in [-0.2, 0) is 32.2 Å². The number of carbonyl (C=O) groups excluding carboxylic acids is 3. The smallest absolute Gasteiger partial charge is 0.434 e. The fraction of sp³-hybridized carbons (Fsp3) is 0.391. The van der Waals surface area contributed by atoms with Crippen LogP contribution in [0, 0.1) is 5.92 Å². The molecule has 0 aliphatic heterocycles. The number of aromatic nitrogens is 4. The molecule has 4 rings (SSSR count). The zero-order chi connectivity index (χ0) is 25.8. The zero-order valence-corrected chi connectivity index (χ0v) is 19.5. The van der Waals surface area contributed by atoms with Gasteiger partial charge in [0, 0.05) is 6.54 Å². The van der Waals surface area contributed by atoms with Crippen molar-refractivity contribution in [2.45, 2.75) is 44.9 Å². The minimum atomic E-state index is -1.33. The Morgan fingerprint density at radius 3 is 2.42 bits per heavy atom. The number of nitrogen functional groups attached to an aromatic ring is 1. The molecule has 2 aromatic heterocycles. The van der Waals surface area contributed by atoms with Crippen LogP contribution in [-0.4, -0.2) is 43.7 Å². The third-order valence-corrected chi connectivity index (χ3v) is 5.70. The molecule has 2 amide bonds. The summed E-state index contributed by atoms with van der Waals surface area (Å²) in [7, 11) is 0. The lowest BCUT2D eigenvalue weighted by Gasteiger charge is -2.16. The highest BCUT2D eigenvalue weighted by Gasteiger charge is 2.29. The monoisotopic (exact) mass is 497 g/mol. The summed E-state index contributed by atoms with van der Waals surface area (Å²) in [6, 6.07) is 9.35. The first-order chi connectivity index (χ1) is 17.2. The first kappa shape index (κ1) is 24.7. The van der Waals surface area contributed by atoms with E-state index in [1.807, 2.05) is 30.3 Å². The molecular formula is C23H27N7O6. The van der Waals surface area contributed by atoms with Crippen molar-refractivity contribution in [1.82, 2.24) is 19.1 Å². The van der Waals surface area contributed by atoms with E-state index in [4.69, 9.17) is 26.7 Å². The fourth-order valence-corrected chi connectivity index (χ4v) is 3.79. The average Bonchev–Trinajstić information content (AvgIpc) is 3.60. The Morgan fingerprint density at radius 1 is 1.06 bits per heavy atom. The van der Waals surface area contributed by atoms with E-state index in [1.165, 1.54) is 4.57 Å². The number of carbonyl (C=O) groups is 3. The summed E-state index contributed by atoms with van der Waals surface area (Å²) in [5.41, 5.74) is 17.8. The van der Waals surface area contributed by atoms with E-state index in [2.05, 4.69) is 9.97 Å². The van der Waals surface area contributed by atoms with Gasteiger partial charge in [0.25, 0.3) is 0 Å². The Balaban J connectivity index is 1.73. The molecule has 0 spiro atoms. The molecular weight excluding hydrogens is 470 g/mol. The van der Waals surface area contributed by atoms with Crippen molar-refractivity contribution in [2.24, 2.45) is 17.4 Å². The number of fused-ring (bicyclic) bond motifs is 1. The van der Waals surface area contributed by atoms with Gasteiger partial charge in [0.05, 0.1) is 19.4 Å². The quantitative estimate of drug-likeness (QED) is 0.317. The summed E-state index contributed by atoms with van der Waals surface area (Å²) < 4.78 is 13.1. The molecule has 1 aromatic carbocycles. The van der Waals surface area contributed by atoms with Crippen molar-refractivity contribution in [1.29, 1.82) is 0 Å². The maximum absolute atomic E-state index is 13.4. The van der Waals surface area contributed by atoms with Gasteiger partial charge in [-0.2, -0.15) is 0 Å². The Morgan fingerprint density at radius 2 is 1.78 bits per heavy atom. The molecule has 0 bridgehead atoms. The number of primary amides is 2. The molecule has 6 N–H and O–H groups in total. The normalized spacial score (nSPS) is 13.9. The lowest BCUT2D eigenvalue weighted by atomic mass is 10.2. The summed E-state index contributed by atoms with van der Waals surface area (Å²) >= 11 is 0. The molecule has 13 nitrogen and oxygen atoms in total. The molecule has 0 radical (unpaired) electrons. The topological polar surface area (TPSA) is 200 Å². The minimum absolute atomic E-state index is 0.000252. The van der Waals surface area contributed by atoms with E-state index < -0.39 is 30.5 Å². The summed E-state index contributed by atoms with van der Waals surface area (Å²) in [5.74, 6) is -1.19. The standard InChI is InChI=1S/C23H27N7O6/c24-16(31)8-9-35-23(34)36-15(10-17(25)32)20-27-19(26)18-21(28-20)30(12-13-4-2-1-3-5-13)22(33)29(18)11-14-6-7-14/h1-5,14-15H,6-12H2,(H2,24,31)(H2,25,32)(H2,26,27,28). The van der Waals surface area contributed by atoms with Gasteiger partial charge in [-0.05, 0) is 24.3 Å². The van der Waals surface area contributed by atoms with Crippen LogP contribution in [0.4, 0.5) is 10.6 Å². The second kappa shape index (κ2) is 10.5. The molecule has 190 valence electrons. The molecule has 1 aliphatic carbocycles. The highest BCUT2D eigenvalue weighted by Crippen LogP contribution is 2.32.